The van der Waals surface area contributed by atoms with Gasteiger partial charge in [0.05, 0.1) is 16.8 Å². The van der Waals surface area contributed by atoms with Crippen molar-refractivity contribution in [2.45, 2.75) is 13.3 Å². The number of thiophene rings is 1. The zero-order valence-electron chi connectivity index (χ0n) is 9.72. The highest BCUT2D eigenvalue weighted by molar-refractivity contribution is 7.22. The van der Waals surface area contributed by atoms with Gasteiger partial charge in [0.25, 0.3) is 0 Å². The Balaban J connectivity index is 2.20. The maximum atomic E-state index is 6.20. The average molecular weight is 276 g/mol. The van der Waals surface area contributed by atoms with Gasteiger partial charge in [0, 0.05) is 28.2 Å². The van der Waals surface area contributed by atoms with Crippen LogP contribution in [0.3, 0.4) is 0 Å². The van der Waals surface area contributed by atoms with Crippen LogP contribution in [0.2, 0.25) is 5.15 Å². The molecule has 0 atom stereocenters. The molecule has 3 aromatic heterocycles. The molecule has 0 fully saturated rings. The van der Waals surface area contributed by atoms with Gasteiger partial charge in [-0.25, -0.2) is 4.98 Å². The second-order valence-corrected chi connectivity index (χ2v) is 5.31. The molecule has 0 unspecified atom stereocenters. The van der Waals surface area contributed by atoms with Gasteiger partial charge in [0.2, 0.25) is 0 Å². The molecule has 0 bridgehead atoms. The first-order valence-corrected chi connectivity index (χ1v) is 6.82. The molecular formula is C13H10ClN3S. The Morgan fingerprint density at radius 2 is 2.17 bits per heavy atom. The minimum atomic E-state index is 0.566. The molecule has 90 valence electrons. The van der Waals surface area contributed by atoms with Crippen LogP contribution in [0.1, 0.15) is 12.6 Å². The number of aryl methyl sites for hydroxylation is 1. The molecule has 0 spiro atoms. The third-order valence-corrected chi connectivity index (χ3v) is 4.09. The molecule has 0 aromatic carbocycles. The maximum absolute atomic E-state index is 6.20. The Morgan fingerprint density at radius 3 is 2.89 bits per heavy atom. The number of pyridine rings is 1. The minimum absolute atomic E-state index is 0.566. The highest BCUT2D eigenvalue weighted by Crippen LogP contribution is 2.35. The lowest BCUT2D eigenvalue weighted by atomic mass is 10.2. The normalized spacial score (nSPS) is 11.0. The van der Waals surface area contributed by atoms with Crippen LogP contribution in [0, 0.1) is 0 Å². The van der Waals surface area contributed by atoms with E-state index in [1.54, 1.807) is 29.9 Å². The summed E-state index contributed by atoms with van der Waals surface area (Å²) in [5, 5.41) is 1.55. The van der Waals surface area contributed by atoms with Crippen LogP contribution in [0.5, 0.6) is 0 Å². The zero-order chi connectivity index (χ0) is 12.5. The Kier molecular flexibility index (Phi) is 2.97. The topological polar surface area (TPSA) is 38.7 Å². The van der Waals surface area contributed by atoms with Gasteiger partial charge in [-0.2, -0.15) is 0 Å². The standard InChI is InChI=1S/C13H10ClN3S/c1-2-8-5-11-9(13(14)17-8)6-12(18-11)10-7-15-3-4-16-10/h3-7H,2H2,1H3. The van der Waals surface area contributed by atoms with E-state index in [4.69, 9.17) is 11.6 Å². The van der Waals surface area contributed by atoms with Crippen molar-refractivity contribution in [2.24, 2.45) is 0 Å². The molecule has 0 aliphatic heterocycles. The lowest BCUT2D eigenvalue weighted by Crippen LogP contribution is -1.86. The van der Waals surface area contributed by atoms with Crippen molar-refractivity contribution in [1.82, 2.24) is 15.0 Å². The van der Waals surface area contributed by atoms with E-state index in [9.17, 15) is 0 Å². The van der Waals surface area contributed by atoms with Crippen LogP contribution >= 0.6 is 22.9 Å². The molecule has 0 N–H and O–H groups in total. The molecule has 0 saturated carbocycles. The van der Waals surface area contributed by atoms with Crippen molar-refractivity contribution in [2.75, 3.05) is 0 Å². The Hall–Kier alpha value is -1.52. The van der Waals surface area contributed by atoms with Gasteiger partial charge < -0.3 is 0 Å². The van der Waals surface area contributed by atoms with Crippen molar-refractivity contribution in [1.29, 1.82) is 0 Å². The van der Waals surface area contributed by atoms with Crippen LogP contribution in [0.15, 0.2) is 30.7 Å². The average Bonchev–Trinajstić information content (AvgIpc) is 2.84. The molecule has 0 amide bonds. The van der Waals surface area contributed by atoms with Crippen molar-refractivity contribution in [3.05, 3.63) is 41.6 Å². The molecule has 0 aliphatic rings. The lowest BCUT2D eigenvalue weighted by molar-refractivity contribution is 1.05. The van der Waals surface area contributed by atoms with E-state index in [0.717, 1.165) is 32.8 Å². The fraction of sp³-hybridized carbons (Fsp3) is 0.154. The van der Waals surface area contributed by atoms with Gasteiger partial charge in [-0.3, -0.25) is 9.97 Å². The molecule has 3 heterocycles. The number of fused-ring (bicyclic) bond motifs is 1. The lowest BCUT2D eigenvalue weighted by Gasteiger charge is -1.97. The molecule has 5 heteroatoms. The molecule has 3 rings (SSSR count). The monoisotopic (exact) mass is 275 g/mol. The molecule has 3 aromatic rings. The van der Waals surface area contributed by atoms with E-state index in [0.29, 0.717) is 5.15 Å². The third-order valence-electron chi connectivity index (χ3n) is 2.70. The van der Waals surface area contributed by atoms with Crippen molar-refractivity contribution in [3.63, 3.8) is 0 Å². The van der Waals surface area contributed by atoms with Gasteiger partial charge in [-0.15, -0.1) is 11.3 Å². The number of aromatic nitrogens is 3. The summed E-state index contributed by atoms with van der Waals surface area (Å²) in [7, 11) is 0. The molecular weight excluding hydrogens is 266 g/mol. The number of rotatable bonds is 2. The number of halogens is 1. The van der Waals surface area contributed by atoms with Gasteiger partial charge in [-0.05, 0) is 18.6 Å². The summed E-state index contributed by atoms with van der Waals surface area (Å²) in [6, 6.07) is 4.12. The Labute approximate surface area is 114 Å². The number of hydrogen-bond acceptors (Lipinski definition) is 4. The van der Waals surface area contributed by atoms with Gasteiger partial charge in [0.15, 0.2) is 0 Å². The Morgan fingerprint density at radius 1 is 1.28 bits per heavy atom. The number of nitrogens with zero attached hydrogens (tertiary/aromatic N) is 3. The number of hydrogen-bond donors (Lipinski definition) is 0. The molecule has 0 aliphatic carbocycles. The van der Waals surface area contributed by atoms with E-state index in [1.165, 1.54) is 0 Å². The summed E-state index contributed by atoms with van der Waals surface area (Å²) in [6.07, 6.45) is 6.00. The van der Waals surface area contributed by atoms with Crippen LogP contribution in [-0.2, 0) is 6.42 Å². The predicted octanol–water partition coefficient (Wildman–Crippen LogP) is 3.97. The third kappa shape index (κ3) is 1.98. The SMILES string of the molecule is CCc1cc2sc(-c3cnccn3)cc2c(Cl)n1. The van der Waals surface area contributed by atoms with E-state index in [1.807, 2.05) is 6.07 Å². The quantitative estimate of drug-likeness (QED) is 0.664. The summed E-state index contributed by atoms with van der Waals surface area (Å²) >= 11 is 7.87. The summed E-state index contributed by atoms with van der Waals surface area (Å²) in [5.74, 6) is 0. The van der Waals surface area contributed by atoms with E-state index < -0.39 is 0 Å². The summed E-state index contributed by atoms with van der Waals surface area (Å²) in [4.78, 5) is 13.8. The Bertz CT molecular complexity index is 694. The molecule has 18 heavy (non-hydrogen) atoms. The highest BCUT2D eigenvalue weighted by atomic mass is 35.5. The maximum Gasteiger partial charge on any atom is 0.138 e. The summed E-state index contributed by atoms with van der Waals surface area (Å²) in [5.41, 5.74) is 1.88. The second kappa shape index (κ2) is 4.63. The summed E-state index contributed by atoms with van der Waals surface area (Å²) in [6.45, 7) is 2.07. The highest BCUT2D eigenvalue weighted by Gasteiger charge is 2.10. The zero-order valence-corrected chi connectivity index (χ0v) is 11.3. The van der Waals surface area contributed by atoms with E-state index >= 15 is 0 Å². The second-order valence-electron chi connectivity index (χ2n) is 3.87. The summed E-state index contributed by atoms with van der Waals surface area (Å²) < 4.78 is 1.15. The fourth-order valence-corrected chi connectivity index (χ4v) is 3.18. The van der Waals surface area contributed by atoms with Crippen LogP contribution in [0.25, 0.3) is 20.7 Å². The first-order valence-electron chi connectivity index (χ1n) is 5.63. The van der Waals surface area contributed by atoms with E-state index in [2.05, 4.69) is 27.9 Å². The van der Waals surface area contributed by atoms with E-state index in [-0.39, 0.29) is 0 Å². The first-order chi connectivity index (χ1) is 8.78. The van der Waals surface area contributed by atoms with Gasteiger partial charge >= 0.3 is 0 Å². The molecule has 0 saturated heterocycles. The predicted molar refractivity (Wildman–Crippen MR) is 75.0 cm³/mol. The van der Waals surface area contributed by atoms with Gasteiger partial charge in [0.1, 0.15) is 5.15 Å². The van der Waals surface area contributed by atoms with Crippen molar-refractivity contribution in [3.8, 4) is 10.6 Å². The molecule has 0 radical (unpaired) electrons. The van der Waals surface area contributed by atoms with Crippen LogP contribution < -0.4 is 0 Å². The van der Waals surface area contributed by atoms with Gasteiger partial charge in [-0.1, -0.05) is 18.5 Å². The van der Waals surface area contributed by atoms with Crippen LogP contribution in [0.4, 0.5) is 0 Å². The fourth-order valence-electron chi connectivity index (χ4n) is 1.78. The van der Waals surface area contributed by atoms with Crippen molar-refractivity contribution < 1.29 is 0 Å². The van der Waals surface area contributed by atoms with Crippen molar-refractivity contribution >= 4 is 33.0 Å². The smallest absolute Gasteiger partial charge is 0.138 e. The molecule has 3 nitrogen and oxygen atoms in total. The minimum Gasteiger partial charge on any atom is -0.261 e. The largest absolute Gasteiger partial charge is 0.261 e. The first kappa shape index (κ1) is 11.6. The van der Waals surface area contributed by atoms with Crippen LogP contribution in [-0.4, -0.2) is 15.0 Å².